The summed E-state index contributed by atoms with van der Waals surface area (Å²) in [7, 11) is 3.24. The number of carbonyl (C=O) groups is 1. The van der Waals surface area contributed by atoms with Crippen molar-refractivity contribution in [3.05, 3.63) is 54.0 Å². The molecular formula is C22H26N4O3. The lowest BCUT2D eigenvalue weighted by Crippen LogP contribution is -2.39. The molecule has 0 saturated carbocycles. The summed E-state index contributed by atoms with van der Waals surface area (Å²) in [5.74, 6) is 2.72. The molecular weight excluding hydrogens is 368 g/mol. The molecule has 2 aromatic heterocycles. The molecule has 0 radical (unpaired) electrons. The minimum atomic E-state index is 0.179. The van der Waals surface area contributed by atoms with Crippen LogP contribution in [0.2, 0.25) is 0 Å². The number of likely N-dealkylation sites (tertiary alicyclic amines) is 1. The molecule has 0 bridgehead atoms. The number of ether oxygens (including phenoxy) is 2. The average Bonchev–Trinajstić information content (AvgIpc) is 3.21. The molecule has 0 N–H and O–H groups in total. The van der Waals surface area contributed by atoms with Crippen LogP contribution in [-0.4, -0.2) is 52.7 Å². The van der Waals surface area contributed by atoms with E-state index in [0.29, 0.717) is 30.9 Å². The Morgan fingerprint density at radius 2 is 2.00 bits per heavy atom. The Balaban J connectivity index is 1.40. The number of amides is 1. The van der Waals surface area contributed by atoms with Gasteiger partial charge in [-0.1, -0.05) is 12.1 Å². The molecule has 1 aliphatic rings. The molecule has 1 aliphatic heterocycles. The molecule has 0 spiro atoms. The molecule has 29 heavy (non-hydrogen) atoms. The molecule has 1 saturated heterocycles. The number of pyridine rings is 1. The van der Waals surface area contributed by atoms with Gasteiger partial charge in [0.15, 0.2) is 17.1 Å². The van der Waals surface area contributed by atoms with Gasteiger partial charge in [0.05, 0.1) is 14.2 Å². The highest BCUT2D eigenvalue weighted by atomic mass is 16.5. The van der Waals surface area contributed by atoms with Crippen molar-refractivity contribution in [1.82, 2.24) is 19.5 Å². The molecule has 3 aromatic rings. The molecule has 1 amide bonds. The van der Waals surface area contributed by atoms with E-state index < -0.39 is 0 Å². The summed E-state index contributed by atoms with van der Waals surface area (Å²) in [6.07, 6.45) is 5.14. The minimum Gasteiger partial charge on any atom is -0.493 e. The lowest BCUT2D eigenvalue weighted by Gasteiger charge is -2.32. The van der Waals surface area contributed by atoms with Crippen molar-refractivity contribution in [3.63, 3.8) is 0 Å². The van der Waals surface area contributed by atoms with Crippen molar-refractivity contribution in [1.29, 1.82) is 0 Å². The molecule has 7 nitrogen and oxygen atoms in total. The van der Waals surface area contributed by atoms with Gasteiger partial charge in [-0.05, 0) is 49.1 Å². The lowest BCUT2D eigenvalue weighted by molar-refractivity contribution is -0.132. The number of rotatable bonds is 6. The van der Waals surface area contributed by atoms with Crippen molar-refractivity contribution in [2.75, 3.05) is 27.3 Å². The number of carbonyl (C=O) groups excluding carboxylic acids is 1. The number of methoxy groups -OCH3 is 2. The van der Waals surface area contributed by atoms with Gasteiger partial charge in [0.25, 0.3) is 0 Å². The number of benzene rings is 1. The quantitative estimate of drug-likeness (QED) is 0.643. The second kappa shape index (κ2) is 8.51. The first-order chi connectivity index (χ1) is 14.2. The van der Waals surface area contributed by atoms with Crippen LogP contribution in [-0.2, 0) is 11.2 Å². The summed E-state index contributed by atoms with van der Waals surface area (Å²) < 4.78 is 12.7. The van der Waals surface area contributed by atoms with Crippen molar-refractivity contribution >= 4 is 11.6 Å². The van der Waals surface area contributed by atoms with E-state index in [1.54, 1.807) is 14.2 Å². The van der Waals surface area contributed by atoms with Gasteiger partial charge in [-0.2, -0.15) is 0 Å². The third kappa shape index (κ3) is 4.04. The van der Waals surface area contributed by atoms with Crippen LogP contribution in [0.25, 0.3) is 5.65 Å². The predicted octanol–water partition coefficient (Wildman–Crippen LogP) is 3.09. The van der Waals surface area contributed by atoms with Gasteiger partial charge >= 0.3 is 0 Å². The van der Waals surface area contributed by atoms with E-state index in [1.807, 2.05) is 51.9 Å². The van der Waals surface area contributed by atoms with E-state index in [4.69, 9.17) is 9.47 Å². The lowest BCUT2D eigenvalue weighted by atomic mass is 9.96. The van der Waals surface area contributed by atoms with Crippen LogP contribution in [0, 0.1) is 0 Å². The zero-order chi connectivity index (χ0) is 20.2. The van der Waals surface area contributed by atoms with E-state index in [-0.39, 0.29) is 11.8 Å². The Morgan fingerprint density at radius 3 is 2.83 bits per heavy atom. The van der Waals surface area contributed by atoms with E-state index in [1.165, 1.54) is 0 Å². The van der Waals surface area contributed by atoms with Crippen LogP contribution in [0.15, 0.2) is 42.6 Å². The van der Waals surface area contributed by atoms with Crippen molar-refractivity contribution in [2.45, 2.75) is 31.6 Å². The zero-order valence-electron chi connectivity index (χ0n) is 16.9. The molecule has 4 rings (SSSR count). The topological polar surface area (TPSA) is 69.0 Å². The molecule has 3 heterocycles. The predicted molar refractivity (Wildman–Crippen MR) is 109 cm³/mol. The maximum absolute atomic E-state index is 12.9. The van der Waals surface area contributed by atoms with Gasteiger partial charge < -0.3 is 14.4 Å². The number of aromatic nitrogens is 3. The summed E-state index contributed by atoms with van der Waals surface area (Å²) in [6.45, 7) is 1.50. The molecule has 1 aromatic carbocycles. The maximum atomic E-state index is 12.9. The van der Waals surface area contributed by atoms with Crippen LogP contribution in [0.4, 0.5) is 0 Å². The monoisotopic (exact) mass is 394 g/mol. The Hall–Kier alpha value is -3.09. The van der Waals surface area contributed by atoms with E-state index in [0.717, 1.165) is 36.4 Å². The summed E-state index contributed by atoms with van der Waals surface area (Å²) in [6, 6.07) is 11.7. The first-order valence-electron chi connectivity index (χ1n) is 9.98. The van der Waals surface area contributed by atoms with E-state index in [2.05, 4.69) is 10.2 Å². The van der Waals surface area contributed by atoms with Crippen molar-refractivity contribution < 1.29 is 14.3 Å². The number of hydrogen-bond donors (Lipinski definition) is 0. The standard InChI is InChI=1S/C22H26N4O3/c1-28-18-10-8-16(14-19(18)29-2)9-11-21(27)25-12-5-6-17(15-25)22-24-23-20-7-3-4-13-26(20)22/h3-4,7-8,10,13-14,17H,5-6,9,11-12,15H2,1-2H3/t17-/m0/s1. The maximum Gasteiger partial charge on any atom is 0.222 e. The molecule has 152 valence electrons. The van der Waals surface area contributed by atoms with E-state index in [9.17, 15) is 4.79 Å². The van der Waals surface area contributed by atoms with Gasteiger partial charge in [-0.15, -0.1) is 10.2 Å². The van der Waals surface area contributed by atoms with E-state index >= 15 is 0 Å². The fourth-order valence-electron chi connectivity index (χ4n) is 4.00. The zero-order valence-corrected chi connectivity index (χ0v) is 16.9. The molecule has 1 atom stereocenters. The normalized spacial score (nSPS) is 16.8. The number of piperidine rings is 1. The van der Waals surface area contributed by atoms with Crippen LogP contribution < -0.4 is 9.47 Å². The smallest absolute Gasteiger partial charge is 0.222 e. The number of aryl methyl sites for hydroxylation is 1. The van der Waals surface area contributed by atoms with Gasteiger partial charge in [0, 0.05) is 31.6 Å². The van der Waals surface area contributed by atoms with Gasteiger partial charge in [0.2, 0.25) is 5.91 Å². The highest BCUT2D eigenvalue weighted by molar-refractivity contribution is 5.76. The van der Waals surface area contributed by atoms with Crippen LogP contribution in [0.3, 0.4) is 0 Å². The molecule has 1 fully saturated rings. The second-order valence-electron chi connectivity index (χ2n) is 7.36. The fraction of sp³-hybridized carbons (Fsp3) is 0.409. The summed E-state index contributed by atoms with van der Waals surface area (Å²) in [5, 5.41) is 8.65. The minimum absolute atomic E-state index is 0.179. The van der Waals surface area contributed by atoms with Crippen LogP contribution in [0.5, 0.6) is 11.5 Å². The third-order valence-corrected chi connectivity index (χ3v) is 5.55. The first kappa shape index (κ1) is 19.2. The van der Waals surface area contributed by atoms with Crippen LogP contribution >= 0.6 is 0 Å². The summed E-state index contributed by atoms with van der Waals surface area (Å²) in [4.78, 5) is 14.8. The number of nitrogens with zero attached hydrogens (tertiary/aromatic N) is 4. The Morgan fingerprint density at radius 1 is 1.14 bits per heavy atom. The third-order valence-electron chi connectivity index (χ3n) is 5.55. The van der Waals surface area contributed by atoms with Gasteiger partial charge in [-0.3, -0.25) is 9.20 Å². The van der Waals surface area contributed by atoms with Crippen LogP contribution in [0.1, 0.15) is 36.6 Å². The van der Waals surface area contributed by atoms with Gasteiger partial charge in [0.1, 0.15) is 5.82 Å². The van der Waals surface area contributed by atoms with Crippen molar-refractivity contribution in [3.8, 4) is 11.5 Å². The Bertz CT molecular complexity index is 1000. The SMILES string of the molecule is COc1ccc(CCC(=O)N2CCC[C@H](c3nnc4ccccn34)C2)cc1OC. The van der Waals surface area contributed by atoms with Gasteiger partial charge in [-0.25, -0.2) is 0 Å². The molecule has 0 unspecified atom stereocenters. The summed E-state index contributed by atoms with van der Waals surface area (Å²) in [5.41, 5.74) is 1.91. The highest BCUT2D eigenvalue weighted by Crippen LogP contribution is 2.29. The number of hydrogen-bond acceptors (Lipinski definition) is 5. The number of fused-ring (bicyclic) bond motifs is 1. The molecule has 0 aliphatic carbocycles. The second-order valence-corrected chi connectivity index (χ2v) is 7.36. The Kier molecular flexibility index (Phi) is 5.64. The average molecular weight is 394 g/mol. The Labute approximate surface area is 170 Å². The molecule has 7 heteroatoms. The first-order valence-corrected chi connectivity index (χ1v) is 9.98. The largest absolute Gasteiger partial charge is 0.493 e. The van der Waals surface area contributed by atoms with Crippen molar-refractivity contribution in [2.24, 2.45) is 0 Å². The summed E-state index contributed by atoms with van der Waals surface area (Å²) >= 11 is 0. The highest BCUT2D eigenvalue weighted by Gasteiger charge is 2.27. The fourth-order valence-corrected chi connectivity index (χ4v) is 4.00.